The number of phosphoric ester groups is 1. The molecule has 0 bridgehead atoms. The first-order valence-electron chi connectivity index (χ1n) is 30.4. The van der Waals surface area contributed by atoms with Gasteiger partial charge in [0.2, 0.25) is 0 Å². The Bertz CT molecular complexity index is 1950. The van der Waals surface area contributed by atoms with Gasteiger partial charge < -0.3 is 24.2 Å². The van der Waals surface area contributed by atoms with E-state index in [1.54, 1.807) is 0 Å². The highest BCUT2D eigenvalue weighted by Gasteiger charge is 2.28. The summed E-state index contributed by atoms with van der Waals surface area (Å²) in [6, 6.07) is 0. The number of esters is 3. The highest BCUT2D eigenvalue weighted by molar-refractivity contribution is 7.47. The first kappa shape index (κ1) is 75.1. The molecule has 2 N–H and O–H groups in total. The Morgan fingerprint density at radius 1 is 0.362 bits per heavy atom. The van der Waals surface area contributed by atoms with Crippen LogP contribution in [0.3, 0.4) is 0 Å². The highest BCUT2D eigenvalue weighted by atomic mass is 31.2. The third-order valence-corrected chi connectivity index (χ3v) is 12.9. The number of hydrogen-bond acceptors (Lipinski definition) is 10. The van der Waals surface area contributed by atoms with Crippen LogP contribution >= 0.6 is 7.82 Å². The van der Waals surface area contributed by atoms with Crippen LogP contribution in [0.5, 0.6) is 0 Å². The molecule has 0 aromatic rings. The van der Waals surface area contributed by atoms with Crippen molar-refractivity contribution in [3.63, 3.8) is 0 Å². The largest absolute Gasteiger partial charge is 0.472 e. The molecule has 0 rings (SSSR count). The zero-order valence-electron chi connectivity index (χ0n) is 49.7. The van der Waals surface area contributed by atoms with E-state index in [1.807, 2.05) is 24.3 Å². The van der Waals surface area contributed by atoms with Gasteiger partial charge in [-0.05, 0) is 122 Å². The first-order valence-corrected chi connectivity index (χ1v) is 31.9. The number of rotatable bonds is 54. The van der Waals surface area contributed by atoms with Crippen LogP contribution in [0.4, 0.5) is 0 Å². The van der Waals surface area contributed by atoms with E-state index in [4.69, 9.17) is 23.3 Å². The number of hydrogen-bond donors (Lipinski definition) is 2. The minimum absolute atomic E-state index is 0.0170. The lowest BCUT2D eigenvalue weighted by Gasteiger charge is -2.21. The van der Waals surface area contributed by atoms with Crippen molar-refractivity contribution < 1.29 is 52.2 Å². The molecule has 0 saturated heterocycles. The van der Waals surface area contributed by atoms with Gasteiger partial charge in [-0.25, -0.2) is 4.57 Å². The summed E-state index contributed by atoms with van der Waals surface area (Å²) in [5, 5.41) is 9.83. The first-order chi connectivity index (χ1) is 39.2. The lowest BCUT2D eigenvalue weighted by Crippen LogP contribution is -2.30. The third-order valence-electron chi connectivity index (χ3n) is 11.9. The van der Waals surface area contributed by atoms with Crippen LogP contribution < -0.4 is 0 Å². The average Bonchev–Trinajstić information content (AvgIpc) is 3.45. The van der Waals surface area contributed by atoms with Crippen LogP contribution in [-0.2, 0) is 42.2 Å². The number of aliphatic hydroxyl groups excluding tert-OH is 1. The number of carbonyl (C=O) groups is 3. The van der Waals surface area contributed by atoms with E-state index < -0.39 is 64.4 Å². The second kappa shape index (κ2) is 60.2. The molecule has 80 heavy (non-hydrogen) atoms. The maximum atomic E-state index is 12.9. The van der Waals surface area contributed by atoms with Crippen LogP contribution in [0.2, 0.25) is 0 Å². The predicted molar refractivity (Wildman–Crippen MR) is 334 cm³/mol. The molecule has 0 aliphatic rings. The topological polar surface area (TPSA) is 155 Å². The molecule has 0 amide bonds. The van der Waals surface area contributed by atoms with Gasteiger partial charge >= 0.3 is 25.7 Å². The lowest BCUT2D eigenvalue weighted by atomic mass is 10.1. The smallest absolute Gasteiger partial charge is 0.462 e. The Kier molecular flexibility index (Phi) is 56.5. The van der Waals surface area contributed by atoms with Crippen LogP contribution in [0.15, 0.2) is 158 Å². The molecular weight excluding hydrogens is 1020 g/mol. The lowest BCUT2D eigenvalue weighted by molar-refractivity contribution is -0.161. The molecule has 3 unspecified atom stereocenters. The quantitative estimate of drug-likeness (QED) is 0.0197. The summed E-state index contributed by atoms with van der Waals surface area (Å²) in [7, 11) is -4.80. The summed E-state index contributed by atoms with van der Waals surface area (Å²) in [6.45, 7) is 4.22. The molecular formula is C68H107O11P. The molecule has 0 aliphatic heterocycles. The molecule has 0 radical (unpaired) electrons. The Hall–Kier alpha value is -4.90. The molecule has 0 aliphatic carbocycles. The number of unbranched alkanes of at least 4 members (excludes halogenated alkanes) is 11. The summed E-state index contributed by atoms with van der Waals surface area (Å²) < 4.78 is 39.4. The van der Waals surface area contributed by atoms with E-state index in [0.29, 0.717) is 25.7 Å². The Balaban J connectivity index is 4.96. The molecule has 11 nitrogen and oxygen atoms in total. The maximum Gasteiger partial charge on any atom is 0.472 e. The SMILES string of the molecule is CC/C=C\C/C=C\C/C=C\C/C=C\C/C=C\C/C=C\CCC(=O)OCC(COP(=O)(O)OCC(CO)OC(=O)CCCCCCC/C=C\CCCCCCCC)OC(=O)CC/C=C\C/C=C\C/C=C\C/C=C\C/C=C\C/C=C\CC. The fourth-order valence-corrected chi connectivity index (χ4v) is 8.19. The van der Waals surface area contributed by atoms with E-state index >= 15 is 0 Å². The van der Waals surface area contributed by atoms with Gasteiger partial charge in [0, 0.05) is 19.3 Å². The van der Waals surface area contributed by atoms with Crippen molar-refractivity contribution in [1.29, 1.82) is 0 Å². The van der Waals surface area contributed by atoms with E-state index in [2.05, 4.69) is 154 Å². The van der Waals surface area contributed by atoms with Gasteiger partial charge in [0.1, 0.15) is 12.7 Å². The summed E-state index contributed by atoms with van der Waals surface area (Å²) in [6.07, 6.45) is 79.4. The average molecular weight is 1130 g/mol. The molecule has 450 valence electrons. The molecule has 0 aromatic carbocycles. The number of carbonyl (C=O) groups excluding carboxylic acids is 3. The number of phosphoric acid groups is 1. The molecule has 3 atom stereocenters. The van der Waals surface area contributed by atoms with Gasteiger partial charge in [0.25, 0.3) is 0 Å². The van der Waals surface area contributed by atoms with Gasteiger partial charge in [0.05, 0.1) is 19.8 Å². The summed E-state index contributed by atoms with van der Waals surface area (Å²) >= 11 is 0. The van der Waals surface area contributed by atoms with E-state index in [9.17, 15) is 28.9 Å². The number of ether oxygens (including phenoxy) is 3. The van der Waals surface area contributed by atoms with Gasteiger partial charge in [-0.3, -0.25) is 23.4 Å². The monoisotopic (exact) mass is 1130 g/mol. The maximum absolute atomic E-state index is 12.9. The fourth-order valence-electron chi connectivity index (χ4n) is 7.40. The van der Waals surface area contributed by atoms with Gasteiger partial charge in [0.15, 0.2) is 6.10 Å². The minimum Gasteiger partial charge on any atom is -0.462 e. The summed E-state index contributed by atoms with van der Waals surface area (Å²) in [5.41, 5.74) is 0. The third kappa shape index (κ3) is 57.8. The van der Waals surface area contributed by atoms with E-state index in [-0.39, 0.29) is 19.3 Å². The van der Waals surface area contributed by atoms with Crippen molar-refractivity contribution >= 4 is 25.7 Å². The minimum atomic E-state index is -4.80. The standard InChI is InChI=1S/C68H107O11P/c1-4-7-10-13-16-19-22-25-28-30-32-34-37-39-42-45-48-51-54-57-66(70)75-61-65(79-68(72)59-56-53-50-47-44-41-38-35-33-31-29-26-23-20-17-14-11-8-5-2)63-77-80(73,74)76-62-64(60-69)78-67(71)58-55-52-49-46-43-40-36-27-24-21-18-15-12-9-6-3/h7-8,10-11,16-17,19-20,25-29,32-36,39,41-42,44,48,50-51,53,64-65,69H,4-6,9,12-15,18,21-24,30-31,37-38,40,43,45-47,49,52,54-63H2,1-3H3,(H,73,74)/b10-7-,11-8-,19-16-,20-17-,28-25-,29-26-,34-32-,35-33-,36-27-,42-39-,44-41-,51-48-,53-50-. The second-order valence-electron chi connectivity index (χ2n) is 19.4. The van der Waals surface area contributed by atoms with E-state index in [1.165, 1.54) is 38.5 Å². The Morgan fingerprint density at radius 3 is 1.07 bits per heavy atom. The van der Waals surface area contributed by atoms with Crippen LogP contribution in [-0.4, -0.2) is 66.5 Å². The Morgan fingerprint density at radius 2 is 0.675 bits per heavy atom. The van der Waals surface area contributed by atoms with Gasteiger partial charge in [-0.15, -0.1) is 0 Å². The normalized spacial score (nSPS) is 14.4. The van der Waals surface area contributed by atoms with Crippen molar-refractivity contribution in [1.82, 2.24) is 0 Å². The summed E-state index contributed by atoms with van der Waals surface area (Å²) in [5.74, 6) is -1.70. The Labute approximate surface area is 485 Å². The number of allylic oxidation sites excluding steroid dienone is 26. The van der Waals surface area contributed by atoms with Gasteiger partial charge in [-0.2, -0.15) is 0 Å². The zero-order valence-corrected chi connectivity index (χ0v) is 50.6. The molecule has 0 spiro atoms. The van der Waals surface area contributed by atoms with Crippen molar-refractivity contribution in [2.75, 3.05) is 26.4 Å². The molecule has 12 heteroatoms. The zero-order chi connectivity index (χ0) is 58.3. The van der Waals surface area contributed by atoms with Crippen LogP contribution in [0, 0.1) is 0 Å². The highest BCUT2D eigenvalue weighted by Crippen LogP contribution is 2.43. The van der Waals surface area contributed by atoms with Crippen LogP contribution in [0.1, 0.15) is 213 Å². The number of aliphatic hydroxyl groups is 1. The second-order valence-corrected chi connectivity index (χ2v) is 20.8. The predicted octanol–water partition coefficient (Wildman–Crippen LogP) is 18.5. The van der Waals surface area contributed by atoms with Crippen molar-refractivity contribution in [3.05, 3.63) is 158 Å². The van der Waals surface area contributed by atoms with Crippen molar-refractivity contribution in [2.24, 2.45) is 0 Å². The van der Waals surface area contributed by atoms with Gasteiger partial charge in [-0.1, -0.05) is 230 Å². The molecule has 0 fully saturated rings. The molecule has 0 saturated carbocycles. The van der Waals surface area contributed by atoms with E-state index in [0.717, 1.165) is 109 Å². The molecule has 0 aromatic heterocycles. The molecule has 0 heterocycles. The fraction of sp³-hybridized carbons (Fsp3) is 0.574. The summed E-state index contributed by atoms with van der Waals surface area (Å²) in [4.78, 5) is 48.6. The van der Waals surface area contributed by atoms with Crippen LogP contribution in [0.25, 0.3) is 0 Å². The van der Waals surface area contributed by atoms with Crippen molar-refractivity contribution in [2.45, 2.75) is 226 Å². The van der Waals surface area contributed by atoms with Crippen molar-refractivity contribution in [3.8, 4) is 0 Å².